The first kappa shape index (κ1) is 13.9. The van der Waals surface area contributed by atoms with Crippen LogP contribution in [0.3, 0.4) is 0 Å². The van der Waals surface area contributed by atoms with Crippen LogP contribution in [0.1, 0.15) is 27.2 Å². The summed E-state index contributed by atoms with van der Waals surface area (Å²) in [6, 6.07) is 0.954. The van der Waals surface area contributed by atoms with E-state index in [9.17, 15) is 8.42 Å². The van der Waals surface area contributed by atoms with Crippen LogP contribution in [0.2, 0.25) is 0 Å². The van der Waals surface area contributed by atoms with Crippen LogP contribution in [0.25, 0.3) is 0 Å². The summed E-state index contributed by atoms with van der Waals surface area (Å²) >= 11 is 0. The summed E-state index contributed by atoms with van der Waals surface area (Å²) in [7, 11) is -2.83. The molecule has 16 heavy (non-hydrogen) atoms. The standard InChI is InChI=1S/C11H24N2O2S/c1-4-11-8-12-10(3)9-13(11)6-7-16(14,15)5-2/h10-12H,4-9H2,1-3H3. The SMILES string of the molecule is CCC1CNC(C)CN1CCS(=O)(=O)CC. The number of hydrogen-bond donors (Lipinski definition) is 1. The zero-order valence-electron chi connectivity index (χ0n) is 10.6. The van der Waals surface area contributed by atoms with Gasteiger partial charge in [-0.25, -0.2) is 8.42 Å². The molecule has 1 rings (SSSR count). The molecule has 1 aliphatic rings. The van der Waals surface area contributed by atoms with Crippen LogP contribution in [0, 0.1) is 0 Å². The largest absolute Gasteiger partial charge is 0.311 e. The van der Waals surface area contributed by atoms with Gasteiger partial charge in [-0.05, 0) is 13.3 Å². The molecule has 0 aromatic rings. The fourth-order valence-electron chi connectivity index (χ4n) is 2.11. The van der Waals surface area contributed by atoms with Gasteiger partial charge in [0.15, 0.2) is 9.84 Å². The molecule has 1 saturated heterocycles. The third-order valence-electron chi connectivity index (χ3n) is 3.33. The van der Waals surface area contributed by atoms with Crippen LogP contribution in [-0.2, 0) is 9.84 Å². The van der Waals surface area contributed by atoms with Gasteiger partial charge in [0.1, 0.15) is 0 Å². The Bertz CT molecular complexity index is 303. The van der Waals surface area contributed by atoms with Crippen molar-refractivity contribution in [3.63, 3.8) is 0 Å². The van der Waals surface area contributed by atoms with E-state index in [0.717, 1.165) is 19.5 Å². The van der Waals surface area contributed by atoms with Crippen molar-refractivity contribution < 1.29 is 8.42 Å². The zero-order valence-corrected chi connectivity index (χ0v) is 11.4. The van der Waals surface area contributed by atoms with Crippen LogP contribution < -0.4 is 5.32 Å². The Morgan fingerprint density at radius 2 is 2.06 bits per heavy atom. The molecule has 0 amide bonds. The summed E-state index contributed by atoms with van der Waals surface area (Å²) in [4.78, 5) is 2.31. The highest BCUT2D eigenvalue weighted by Crippen LogP contribution is 2.10. The number of rotatable bonds is 5. The quantitative estimate of drug-likeness (QED) is 0.769. The summed E-state index contributed by atoms with van der Waals surface area (Å²) < 4.78 is 23.0. The summed E-state index contributed by atoms with van der Waals surface area (Å²) in [5.41, 5.74) is 0. The number of sulfone groups is 1. The molecule has 0 aromatic carbocycles. The highest BCUT2D eigenvalue weighted by molar-refractivity contribution is 7.91. The van der Waals surface area contributed by atoms with Gasteiger partial charge in [-0.15, -0.1) is 0 Å². The zero-order chi connectivity index (χ0) is 12.2. The van der Waals surface area contributed by atoms with Crippen LogP contribution in [-0.4, -0.2) is 56.5 Å². The Morgan fingerprint density at radius 3 is 2.62 bits per heavy atom. The molecule has 4 nitrogen and oxygen atoms in total. The number of nitrogens with zero attached hydrogens (tertiary/aromatic N) is 1. The van der Waals surface area contributed by atoms with Gasteiger partial charge in [0.2, 0.25) is 0 Å². The molecular formula is C11H24N2O2S. The average molecular weight is 248 g/mol. The maximum atomic E-state index is 11.5. The molecule has 1 N–H and O–H groups in total. The van der Waals surface area contributed by atoms with E-state index >= 15 is 0 Å². The predicted octanol–water partition coefficient (Wildman–Crippen LogP) is 0.493. The third kappa shape index (κ3) is 4.03. The van der Waals surface area contributed by atoms with Crippen LogP contribution in [0.4, 0.5) is 0 Å². The molecular weight excluding hydrogens is 224 g/mol. The number of piperazine rings is 1. The van der Waals surface area contributed by atoms with Crippen LogP contribution >= 0.6 is 0 Å². The van der Waals surface area contributed by atoms with Gasteiger partial charge in [-0.2, -0.15) is 0 Å². The lowest BCUT2D eigenvalue weighted by molar-refractivity contribution is 0.140. The van der Waals surface area contributed by atoms with E-state index in [1.165, 1.54) is 0 Å². The minimum atomic E-state index is -2.83. The van der Waals surface area contributed by atoms with E-state index in [2.05, 4.69) is 24.1 Å². The first-order valence-electron chi connectivity index (χ1n) is 6.16. The lowest BCUT2D eigenvalue weighted by Gasteiger charge is -2.38. The Labute approximate surface area is 99.3 Å². The second-order valence-corrected chi connectivity index (χ2v) is 7.08. The highest BCUT2D eigenvalue weighted by atomic mass is 32.2. The van der Waals surface area contributed by atoms with Crippen molar-refractivity contribution in [2.45, 2.75) is 39.3 Å². The van der Waals surface area contributed by atoms with Crippen molar-refractivity contribution in [2.24, 2.45) is 0 Å². The summed E-state index contributed by atoms with van der Waals surface area (Å²) in [5.74, 6) is 0.554. The predicted molar refractivity (Wildman–Crippen MR) is 67.4 cm³/mol. The van der Waals surface area contributed by atoms with E-state index in [1.54, 1.807) is 6.92 Å². The van der Waals surface area contributed by atoms with E-state index in [0.29, 0.717) is 24.4 Å². The third-order valence-corrected chi connectivity index (χ3v) is 5.01. The normalized spacial score (nSPS) is 28.2. The topological polar surface area (TPSA) is 49.4 Å². The second-order valence-electron chi connectivity index (χ2n) is 4.60. The molecule has 2 atom stereocenters. The van der Waals surface area contributed by atoms with Crippen molar-refractivity contribution in [3.8, 4) is 0 Å². The second kappa shape index (κ2) is 5.98. The smallest absolute Gasteiger partial charge is 0.151 e. The Balaban J connectivity index is 2.49. The molecule has 1 aliphatic heterocycles. The fourth-order valence-corrected chi connectivity index (χ4v) is 2.91. The van der Waals surface area contributed by atoms with Gasteiger partial charge in [-0.3, -0.25) is 4.90 Å². The highest BCUT2D eigenvalue weighted by Gasteiger charge is 2.25. The van der Waals surface area contributed by atoms with Gasteiger partial charge in [0, 0.05) is 37.5 Å². The first-order chi connectivity index (χ1) is 7.48. The van der Waals surface area contributed by atoms with Gasteiger partial charge < -0.3 is 5.32 Å². The molecule has 0 aliphatic carbocycles. The first-order valence-corrected chi connectivity index (χ1v) is 7.98. The number of hydrogen-bond acceptors (Lipinski definition) is 4. The minimum Gasteiger partial charge on any atom is -0.311 e. The maximum absolute atomic E-state index is 11.5. The summed E-state index contributed by atoms with van der Waals surface area (Å²) in [6.45, 7) is 8.63. The monoisotopic (exact) mass is 248 g/mol. The molecule has 0 aromatic heterocycles. The fraction of sp³-hybridized carbons (Fsp3) is 1.00. The molecule has 2 unspecified atom stereocenters. The van der Waals surface area contributed by atoms with E-state index < -0.39 is 9.84 Å². The Morgan fingerprint density at radius 1 is 1.38 bits per heavy atom. The van der Waals surface area contributed by atoms with Gasteiger partial charge in [-0.1, -0.05) is 13.8 Å². The van der Waals surface area contributed by atoms with E-state index in [4.69, 9.17) is 0 Å². The molecule has 96 valence electrons. The summed E-state index contributed by atoms with van der Waals surface area (Å²) in [6.07, 6.45) is 1.08. The minimum absolute atomic E-state index is 0.255. The van der Waals surface area contributed by atoms with Crippen molar-refractivity contribution in [2.75, 3.05) is 31.1 Å². The Kier molecular flexibility index (Phi) is 5.21. The lowest BCUT2D eigenvalue weighted by Crippen LogP contribution is -2.56. The average Bonchev–Trinajstić information content (AvgIpc) is 2.27. The van der Waals surface area contributed by atoms with E-state index in [-0.39, 0.29) is 5.75 Å². The van der Waals surface area contributed by atoms with Crippen LogP contribution in [0.5, 0.6) is 0 Å². The van der Waals surface area contributed by atoms with Crippen molar-refractivity contribution in [1.29, 1.82) is 0 Å². The molecule has 5 heteroatoms. The van der Waals surface area contributed by atoms with Crippen molar-refractivity contribution in [3.05, 3.63) is 0 Å². The molecule has 0 saturated carbocycles. The molecule has 1 heterocycles. The van der Waals surface area contributed by atoms with Crippen molar-refractivity contribution in [1.82, 2.24) is 10.2 Å². The van der Waals surface area contributed by atoms with Crippen molar-refractivity contribution >= 4 is 9.84 Å². The molecule has 0 spiro atoms. The Hall–Kier alpha value is -0.130. The molecule has 0 bridgehead atoms. The molecule has 0 radical (unpaired) electrons. The molecule has 1 fully saturated rings. The summed E-state index contributed by atoms with van der Waals surface area (Å²) in [5, 5.41) is 3.43. The van der Waals surface area contributed by atoms with E-state index in [1.807, 2.05) is 0 Å². The van der Waals surface area contributed by atoms with Gasteiger partial charge in [0.25, 0.3) is 0 Å². The number of nitrogens with one attached hydrogen (secondary N) is 1. The maximum Gasteiger partial charge on any atom is 0.151 e. The van der Waals surface area contributed by atoms with Gasteiger partial charge in [0.05, 0.1) is 5.75 Å². The van der Waals surface area contributed by atoms with Crippen LogP contribution in [0.15, 0.2) is 0 Å². The van der Waals surface area contributed by atoms with Gasteiger partial charge >= 0.3 is 0 Å². The lowest BCUT2D eigenvalue weighted by atomic mass is 10.1.